The van der Waals surface area contributed by atoms with Crippen LogP contribution < -0.4 is 4.74 Å². The summed E-state index contributed by atoms with van der Waals surface area (Å²) >= 11 is 3.40. The van der Waals surface area contributed by atoms with Crippen LogP contribution in [0.1, 0.15) is 40.8 Å². The molecule has 28 heavy (non-hydrogen) atoms. The van der Waals surface area contributed by atoms with Gasteiger partial charge in [0.2, 0.25) is 11.8 Å². The summed E-state index contributed by atoms with van der Waals surface area (Å²) in [4.78, 5) is 23.5. The number of hydrogen-bond acceptors (Lipinski definition) is 6. The van der Waals surface area contributed by atoms with Crippen LogP contribution in [0.25, 0.3) is 0 Å². The molecular weight excluding hydrogens is 424 g/mol. The summed E-state index contributed by atoms with van der Waals surface area (Å²) in [5.74, 6) is 2.34. The normalized spacial score (nSPS) is 14.9. The fraction of sp³-hybridized carbons (Fsp3) is 0.300. The molecule has 1 aromatic carbocycles. The van der Waals surface area contributed by atoms with E-state index in [9.17, 15) is 4.79 Å². The summed E-state index contributed by atoms with van der Waals surface area (Å²) in [5, 5.41) is 3.86. The Morgan fingerprint density at radius 2 is 1.96 bits per heavy atom. The van der Waals surface area contributed by atoms with E-state index in [-0.39, 0.29) is 11.8 Å². The van der Waals surface area contributed by atoms with Crippen molar-refractivity contribution in [1.29, 1.82) is 0 Å². The molecule has 3 heterocycles. The van der Waals surface area contributed by atoms with Gasteiger partial charge < -0.3 is 14.2 Å². The molecule has 0 radical (unpaired) electrons. The fourth-order valence-electron chi connectivity index (χ4n) is 3.23. The number of amides is 1. The Kier molecular flexibility index (Phi) is 5.38. The second kappa shape index (κ2) is 8.10. The van der Waals surface area contributed by atoms with Gasteiger partial charge in [0.25, 0.3) is 5.91 Å². The zero-order valence-electron chi connectivity index (χ0n) is 15.3. The Morgan fingerprint density at radius 1 is 1.21 bits per heavy atom. The second-order valence-electron chi connectivity index (χ2n) is 6.66. The molecule has 1 aliphatic heterocycles. The topological polar surface area (TPSA) is 81.4 Å². The molecule has 2 aromatic heterocycles. The fourth-order valence-corrected chi connectivity index (χ4v) is 3.49. The largest absolute Gasteiger partial charge is 0.438 e. The zero-order chi connectivity index (χ0) is 19.5. The van der Waals surface area contributed by atoms with Crippen molar-refractivity contribution in [1.82, 2.24) is 20.0 Å². The average molecular weight is 443 g/mol. The summed E-state index contributed by atoms with van der Waals surface area (Å²) in [6.07, 6.45) is 3.20. The molecule has 0 N–H and O–H groups in total. The van der Waals surface area contributed by atoms with Gasteiger partial charge in [-0.3, -0.25) is 4.79 Å². The van der Waals surface area contributed by atoms with Gasteiger partial charge in [-0.15, -0.1) is 0 Å². The Bertz CT molecular complexity index is 966. The van der Waals surface area contributed by atoms with E-state index in [1.165, 1.54) is 0 Å². The number of likely N-dealkylation sites (tertiary alicyclic amines) is 1. The van der Waals surface area contributed by atoms with Gasteiger partial charge in [0.15, 0.2) is 5.82 Å². The number of pyridine rings is 1. The van der Waals surface area contributed by atoms with Crippen LogP contribution in [-0.2, 0) is 0 Å². The van der Waals surface area contributed by atoms with Gasteiger partial charge >= 0.3 is 0 Å². The number of piperidine rings is 1. The number of halogens is 1. The predicted molar refractivity (Wildman–Crippen MR) is 105 cm³/mol. The van der Waals surface area contributed by atoms with Gasteiger partial charge in [-0.2, -0.15) is 4.98 Å². The predicted octanol–water partition coefficient (Wildman–Crippen LogP) is 4.35. The standard InChI is InChI=1S/C20H19BrN4O3/c1-13-23-18(28-24-13)14-8-11-25(12-9-14)20(26)17-3-2-10-22-19(17)27-16-6-4-15(21)5-7-16/h2-7,10,14H,8-9,11-12H2,1H3. The molecule has 1 aliphatic rings. The van der Waals surface area contributed by atoms with E-state index < -0.39 is 0 Å². The van der Waals surface area contributed by atoms with Crippen LogP contribution in [0.2, 0.25) is 0 Å². The van der Waals surface area contributed by atoms with Crippen LogP contribution in [0.4, 0.5) is 0 Å². The maximum Gasteiger partial charge on any atom is 0.259 e. The highest BCUT2D eigenvalue weighted by atomic mass is 79.9. The van der Waals surface area contributed by atoms with E-state index in [0.717, 1.165) is 17.3 Å². The van der Waals surface area contributed by atoms with Crippen molar-refractivity contribution in [3.05, 3.63) is 64.3 Å². The van der Waals surface area contributed by atoms with E-state index in [2.05, 4.69) is 31.1 Å². The van der Waals surface area contributed by atoms with Crippen molar-refractivity contribution in [3.8, 4) is 11.6 Å². The summed E-state index contributed by atoms with van der Waals surface area (Å²) < 4.78 is 12.1. The molecule has 1 amide bonds. The van der Waals surface area contributed by atoms with E-state index in [1.807, 2.05) is 29.2 Å². The van der Waals surface area contributed by atoms with Crippen LogP contribution in [0.15, 0.2) is 51.6 Å². The monoisotopic (exact) mass is 442 g/mol. The number of hydrogen-bond donors (Lipinski definition) is 0. The van der Waals surface area contributed by atoms with Crippen LogP contribution in [-0.4, -0.2) is 39.0 Å². The summed E-state index contributed by atoms with van der Waals surface area (Å²) in [7, 11) is 0. The molecule has 1 saturated heterocycles. The SMILES string of the molecule is Cc1noc(C2CCN(C(=O)c3cccnc3Oc3ccc(Br)cc3)CC2)n1. The lowest BCUT2D eigenvalue weighted by atomic mass is 9.96. The summed E-state index contributed by atoms with van der Waals surface area (Å²) in [6.45, 7) is 3.05. The quantitative estimate of drug-likeness (QED) is 0.597. The maximum absolute atomic E-state index is 13.1. The van der Waals surface area contributed by atoms with Crippen LogP contribution in [0, 0.1) is 6.92 Å². The van der Waals surface area contributed by atoms with Gasteiger partial charge in [0.05, 0.1) is 0 Å². The first kappa shape index (κ1) is 18.6. The van der Waals surface area contributed by atoms with Crippen molar-refractivity contribution in [2.24, 2.45) is 0 Å². The number of aromatic nitrogens is 3. The molecule has 8 heteroatoms. The van der Waals surface area contributed by atoms with Crippen molar-refractivity contribution < 1.29 is 14.1 Å². The molecular formula is C20H19BrN4O3. The maximum atomic E-state index is 13.1. The summed E-state index contributed by atoms with van der Waals surface area (Å²) in [5.41, 5.74) is 0.456. The van der Waals surface area contributed by atoms with Crippen LogP contribution >= 0.6 is 15.9 Å². The molecule has 0 unspecified atom stereocenters. The zero-order valence-corrected chi connectivity index (χ0v) is 16.9. The third-order valence-corrected chi connectivity index (χ3v) is 5.23. The van der Waals surface area contributed by atoms with Crippen molar-refractivity contribution in [3.63, 3.8) is 0 Å². The molecule has 4 rings (SSSR count). The average Bonchev–Trinajstić information content (AvgIpc) is 3.16. The molecule has 0 saturated carbocycles. The Hall–Kier alpha value is -2.74. The van der Waals surface area contributed by atoms with Gasteiger partial charge in [-0.1, -0.05) is 21.1 Å². The van der Waals surface area contributed by atoms with Crippen molar-refractivity contribution >= 4 is 21.8 Å². The lowest BCUT2D eigenvalue weighted by Crippen LogP contribution is -2.38. The van der Waals surface area contributed by atoms with Gasteiger partial charge in [-0.05, 0) is 56.2 Å². The third kappa shape index (κ3) is 4.06. The number of carbonyl (C=O) groups is 1. The van der Waals surface area contributed by atoms with E-state index in [1.54, 1.807) is 25.3 Å². The molecule has 144 valence electrons. The van der Waals surface area contributed by atoms with Crippen molar-refractivity contribution in [2.75, 3.05) is 13.1 Å². The van der Waals surface area contributed by atoms with Crippen LogP contribution in [0.5, 0.6) is 11.6 Å². The highest BCUT2D eigenvalue weighted by Crippen LogP contribution is 2.30. The molecule has 0 bridgehead atoms. The number of rotatable bonds is 4. The number of benzene rings is 1. The minimum absolute atomic E-state index is 0.0830. The lowest BCUT2D eigenvalue weighted by Gasteiger charge is -2.30. The van der Waals surface area contributed by atoms with Gasteiger partial charge in [-0.25, -0.2) is 4.98 Å². The molecule has 7 nitrogen and oxygen atoms in total. The summed E-state index contributed by atoms with van der Waals surface area (Å²) in [6, 6.07) is 10.9. The smallest absolute Gasteiger partial charge is 0.259 e. The third-order valence-electron chi connectivity index (χ3n) is 4.70. The first-order valence-electron chi connectivity index (χ1n) is 9.08. The molecule has 1 fully saturated rings. The minimum atomic E-state index is -0.0830. The highest BCUT2D eigenvalue weighted by Gasteiger charge is 2.29. The number of nitrogens with zero attached hydrogens (tertiary/aromatic N) is 4. The number of aryl methyl sites for hydroxylation is 1. The number of ether oxygens (including phenoxy) is 1. The van der Waals surface area contributed by atoms with Crippen LogP contribution in [0.3, 0.4) is 0 Å². The van der Waals surface area contributed by atoms with Gasteiger partial charge in [0, 0.05) is 29.7 Å². The minimum Gasteiger partial charge on any atom is -0.438 e. The first-order valence-corrected chi connectivity index (χ1v) is 9.87. The van der Waals surface area contributed by atoms with E-state index in [0.29, 0.717) is 42.0 Å². The highest BCUT2D eigenvalue weighted by molar-refractivity contribution is 9.10. The Balaban J connectivity index is 1.46. The molecule has 0 aliphatic carbocycles. The van der Waals surface area contributed by atoms with Crippen molar-refractivity contribution in [2.45, 2.75) is 25.7 Å². The Morgan fingerprint density at radius 3 is 2.64 bits per heavy atom. The lowest BCUT2D eigenvalue weighted by molar-refractivity contribution is 0.0701. The first-order chi connectivity index (χ1) is 13.6. The molecule has 0 spiro atoms. The van der Waals surface area contributed by atoms with Gasteiger partial charge in [0.1, 0.15) is 11.3 Å². The molecule has 0 atom stereocenters. The Labute approximate surface area is 170 Å². The van der Waals surface area contributed by atoms with E-state index >= 15 is 0 Å². The second-order valence-corrected chi connectivity index (χ2v) is 7.57. The molecule has 3 aromatic rings. The number of carbonyl (C=O) groups excluding carboxylic acids is 1. The van der Waals surface area contributed by atoms with E-state index in [4.69, 9.17) is 9.26 Å².